The molecule has 0 bridgehead atoms. The van der Waals surface area contributed by atoms with Crippen LogP contribution < -0.4 is 10.2 Å². The second kappa shape index (κ2) is 7.19. The van der Waals surface area contributed by atoms with Crippen LogP contribution in [-0.4, -0.2) is 33.6 Å². The fourth-order valence-corrected chi connectivity index (χ4v) is 3.74. The van der Waals surface area contributed by atoms with Crippen LogP contribution in [0.4, 0.5) is 11.6 Å². The number of piperidine rings is 1. The van der Waals surface area contributed by atoms with Crippen molar-refractivity contribution >= 4 is 34.8 Å². The molecule has 0 atom stereocenters. The summed E-state index contributed by atoms with van der Waals surface area (Å²) < 4.78 is 1.90. The Morgan fingerprint density at radius 3 is 2.74 bits per heavy atom. The predicted octanol–water partition coefficient (Wildman–Crippen LogP) is 3.85. The third-order valence-corrected chi connectivity index (χ3v) is 5.46. The number of aryl methyl sites for hydroxylation is 2. The molecule has 1 aliphatic rings. The van der Waals surface area contributed by atoms with E-state index in [2.05, 4.69) is 26.5 Å². The number of rotatable bonds is 3. The molecule has 1 N–H and O–H groups in total. The third kappa shape index (κ3) is 3.49. The predicted molar refractivity (Wildman–Crippen MR) is 107 cm³/mol. The maximum absolute atomic E-state index is 12.7. The number of pyridine rings is 1. The number of hydrogen-bond acceptors (Lipinski definition) is 4. The highest BCUT2D eigenvalue weighted by atomic mass is 35.5. The Labute approximate surface area is 163 Å². The van der Waals surface area contributed by atoms with E-state index in [-0.39, 0.29) is 11.8 Å². The van der Waals surface area contributed by atoms with Crippen molar-refractivity contribution in [1.82, 2.24) is 14.6 Å². The van der Waals surface area contributed by atoms with Gasteiger partial charge in [-0.1, -0.05) is 23.7 Å². The van der Waals surface area contributed by atoms with Crippen molar-refractivity contribution in [2.45, 2.75) is 26.7 Å². The molecule has 1 saturated heterocycles. The largest absolute Gasteiger partial charge is 0.341 e. The monoisotopic (exact) mass is 383 g/mol. The lowest BCUT2D eigenvalue weighted by molar-refractivity contribution is -0.120. The van der Waals surface area contributed by atoms with Crippen molar-refractivity contribution in [1.29, 1.82) is 0 Å². The number of anilines is 2. The molecule has 1 aromatic carbocycles. The van der Waals surface area contributed by atoms with E-state index in [0.29, 0.717) is 10.7 Å². The molecule has 0 unspecified atom stereocenters. The van der Waals surface area contributed by atoms with Crippen molar-refractivity contribution < 1.29 is 4.79 Å². The van der Waals surface area contributed by atoms with Gasteiger partial charge in [-0.05, 0) is 56.0 Å². The van der Waals surface area contributed by atoms with Gasteiger partial charge in [0.15, 0.2) is 5.65 Å². The maximum atomic E-state index is 12.7. The Hall–Kier alpha value is -2.60. The van der Waals surface area contributed by atoms with E-state index in [1.807, 2.05) is 42.6 Å². The molecule has 1 aliphatic heterocycles. The summed E-state index contributed by atoms with van der Waals surface area (Å²) in [7, 11) is 0. The Kier molecular flexibility index (Phi) is 4.74. The standard InChI is InChI=1S/C20H22ClN5O/c1-13-5-6-14(2)17(12-13)22-19(27)15-7-10-25(11-8-15)20-24-23-18-16(21)4-3-9-26(18)20/h3-6,9,12,15H,7-8,10-11H2,1-2H3,(H,22,27). The summed E-state index contributed by atoms with van der Waals surface area (Å²) in [5, 5.41) is 12.2. The van der Waals surface area contributed by atoms with Crippen LogP contribution in [0, 0.1) is 19.8 Å². The van der Waals surface area contributed by atoms with Gasteiger partial charge in [0.1, 0.15) is 0 Å². The van der Waals surface area contributed by atoms with Crippen LogP contribution in [0.3, 0.4) is 0 Å². The molecular weight excluding hydrogens is 362 g/mol. The first-order valence-electron chi connectivity index (χ1n) is 9.15. The first-order chi connectivity index (χ1) is 13.0. The topological polar surface area (TPSA) is 62.5 Å². The number of amides is 1. The summed E-state index contributed by atoms with van der Waals surface area (Å²) in [6, 6.07) is 9.80. The first-order valence-corrected chi connectivity index (χ1v) is 9.53. The average Bonchev–Trinajstić information content (AvgIpc) is 3.10. The minimum Gasteiger partial charge on any atom is -0.341 e. The molecular formula is C20H22ClN5O. The van der Waals surface area contributed by atoms with Gasteiger partial charge in [0.05, 0.1) is 5.02 Å². The van der Waals surface area contributed by atoms with E-state index < -0.39 is 0 Å². The fourth-order valence-electron chi connectivity index (χ4n) is 3.53. The molecule has 7 heteroatoms. The molecule has 140 valence electrons. The first kappa shape index (κ1) is 17.8. The van der Waals surface area contributed by atoms with Gasteiger partial charge >= 0.3 is 0 Å². The summed E-state index contributed by atoms with van der Waals surface area (Å²) in [5.41, 5.74) is 3.78. The summed E-state index contributed by atoms with van der Waals surface area (Å²) in [4.78, 5) is 14.9. The van der Waals surface area contributed by atoms with Crippen LogP contribution in [0.25, 0.3) is 5.65 Å². The van der Waals surface area contributed by atoms with Crippen molar-refractivity contribution in [3.63, 3.8) is 0 Å². The second-order valence-corrected chi connectivity index (χ2v) is 7.53. The van der Waals surface area contributed by atoms with Crippen LogP contribution in [0.1, 0.15) is 24.0 Å². The molecule has 0 aliphatic carbocycles. The Morgan fingerprint density at radius 1 is 1.19 bits per heavy atom. The highest BCUT2D eigenvalue weighted by Gasteiger charge is 2.27. The van der Waals surface area contributed by atoms with Crippen LogP contribution in [-0.2, 0) is 4.79 Å². The average molecular weight is 384 g/mol. The van der Waals surface area contributed by atoms with Gasteiger partial charge in [0.25, 0.3) is 0 Å². The molecule has 2 aromatic heterocycles. The van der Waals surface area contributed by atoms with Crippen molar-refractivity contribution in [3.05, 3.63) is 52.7 Å². The van der Waals surface area contributed by atoms with Crippen LogP contribution in [0.5, 0.6) is 0 Å². The Morgan fingerprint density at radius 2 is 1.96 bits per heavy atom. The summed E-state index contributed by atoms with van der Waals surface area (Å²) in [6.07, 6.45) is 3.48. The van der Waals surface area contributed by atoms with E-state index in [0.717, 1.165) is 48.7 Å². The van der Waals surface area contributed by atoms with Crippen LogP contribution >= 0.6 is 11.6 Å². The molecule has 6 nitrogen and oxygen atoms in total. The normalized spacial score (nSPS) is 15.3. The molecule has 0 spiro atoms. The van der Waals surface area contributed by atoms with E-state index >= 15 is 0 Å². The fraction of sp³-hybridized carbons (Fsp3) is 0.350. The molecule has 1 amide bonds. The zero-order valence-corrected chi connectivity index (χ0v) is 16.2. The second-order valence-electron chi connectivity index (χ2n) is 7.12. The van der Waals surface area contributed by atoms with Crippen LogP contribution in [0.2, 0.25) is 5.02 Å². The maximum Gasteiger partial charge on any atom is 0.231 e. The quantitative estimate of drug-likeness (QED) is 0.746. The lowest BCUT2D eigenvalue weighted by Crippen LogP contribution is -2.39. The summed E-state index contributed by atoms with van der Waals surface area (Å²) >= 11 is 6.18. The van der Waals surface area contributed by atoms with Crippen LogP contribution in [0.15, 0.2) is 36.5 Å². The van der Waals surface area contributed by atoms with Crippen molar-refractivity contribution in [3.8, 4) is 0 Å². The van der Waals surface area contributed by atoms with Gasteiger partial charge in [-0.15, -0.1) is 10.2 Å². The molecule has 3 aromatic rings. The number of hydrogen-bond donors (Lipinski definition) is 1. The number of halogens is 1. The lowest BCUT2D eigenvalue weighted by atomic mass is 9.95. The van der Waals surface area contributed by atoms with E-state index in [1.54, 1.807) is 6.07 Å². The SMILES string of the molecule is Cc1ccc(C)c(NC(=O)C2CCN(c3nnc4c(Cl)cccn34)CC2)c1. The minimum atomic E-state index is 0.00364. The van der Waals surface area contributed by atoms with Gasteiger partial charge in [-0.2, -0.15) is 0 Å². The smallest absolute Gasteiger partial charge is 0.231 e. The Balaban J connectivity index is 1.43. The highest BCUT2D eigenvalue weighted by molar-refractivity contribution is 6.33. The molecule has 0 saturated carbocycles. The van der Waals surface area contributed by atoms with Gasteiger partial charge in [-0.25, -0.2) is 0 Å². The van der Waals surface area contributed by atoms with Gasteiger partial charge in [0.2, 0.25) is 11.9 Å². The molecule has 27 heavy (non-hydrogen) atoms. The number of aromatic nitrogens is 3. The van der Waals surface area contributed by atoms with Gasteiger partial charge < -0.3 is 10.2 Å². The molecule has 4 rings (SSSR count). The Bertz CT molecular complexity index is 991. The number of nitrogens with zero attached hydrogens (tertiary/aromatic N) is 4. The zero-order valence-electron chi connectivity index (χ0n) is 15.4. The lowest BCUT2D eigenvalue weighted by Gasteiger charge is -2.31. The third-order valence-electron chi connectivity index (χ3n) is 5.17. The number of nitrogens with one attached hydrogen (secondary N) is 1. The highest BCUT2D eigenvalue weighted by Crippen LogP contribution is 2.26. The minimum absolute atomic E-state index is 0.00364. The number of benzene rings is 1. The summed E-state index contributed by atoms with van der Waals surface area (Å²) in [6.45, 7) is 5.57. The number of fused-ring (bicyclic) bond motifs is 1. The zero-order chi connectivity index (χ0) is 19.0. The van der Waals surface area contributed by atoms with E-state index in [4.69, 9.17) is 11.6 Å². The van der Waals surface area contributed by atoms with E-state index in [1.165, 1.54) is 0 Å². The van der Waals surface area contributed by atoms with E-state index in [9.17, 15) is 4.79 Å². The number of carbonyl (C=O) groups is 1. The van der Waals surface area contributed by atoms with Crippen molar-refractivity contribution in [2.75, 3.05) is 23.3 Å². The summed E-state index contributed by atoms with van der Waals surface area (Å²) in [5.74, 6) is 0.877. The number of carbonyl (C=O) groups excluding carboxylic acids is 1. The molecule has 1 fully saturated rings. The van der Waals surface area contributed by atoms with Crippen molar-refractivity contribution in [2.24, 2.45) is 5.92 Å². The van der Waals surface area contributed by atoms with Gasteiger partial charge in [-0.3, -0.25) is 9.20 Å². The van der Waals surface area contributed by atoms with Gasteiger partial charge in [0, 0.05) is 30.9 Å². The molecule has 3 heterocycles. The molecule has 0 radical (unpaired) electrons.